The Morgan fingerprint density at radius 2 is 2.24 bits per heavy atom. The van der Waals surface area contributed by atoms with E-state index < -0.39 is 0 Å². The first-order chi connectivity index (χ1) is 7.99. The van der Waals surface area contributed by atoms with Gasteiger partial charge in [0, 0.05) is 18.6 Å². The van der Waals surface area contributed by atoms with Crippen molar-refractivity contribution in [2.75, 3.05) is 19.8 Å². The van der Waals surface area contributed by atoms with Crippen LogP contribution < -0.4 is 5.73 Å². The number of nitrogen functional groups attached to an aromatic ring is 1. The fraction of sp³-hybridized carbons (Fsp3) is 0.273. The summed E-state index contributed by atoms with van der Waals surface area (Å²) in [4.78, 5) is 17.4. The monoisotopic (exact) mass is 296 g/mol. The van der Waals surface area contributed by atoms with Crippen molar-refractivity contribution in [3.05, 3.63) is 22.7 Å². The molecular formula is C11H13BrN4O. The quantitative estimate of drug-likeness (QED) is 0.913. The number of nitrogens with zero attached hydrogens (tertiary/aromatic N) is 3. The Kier molecular flexibility index (Phi) is 3.06. The summed E-state index contributed by atoms with van der Waals surface area (Å²) >= 11 is 3.38. The van der Waals surface area contributed by atoms with Gasteiger partial charge in [0.15, 0.2) is 0 Å². The van der Waals surface area contributed by atoms with Crippen molar-refractivity contribution < 1.29 is 4.79 Å². The predicted molar refractivity (Wildman–Crippen MR) is 70.5 cm³/mol. The van der Waals surface area contributed by atoms with Gasteiger partial charge in [-0.2, -0.15) is 0 Å². The number of aromatic nitrogens is 2. The Hall–Kier alpha value is -1.56. The summed E-state index contributed by atoms with van der Waals surface area (Å²) in [5.41, 5.74) is 7.46. The highest BCUT2D eigenvalue weighted by Gasteiger charge is 2.12. The fourth-order valence-electron chi connectivity index (χ4n) is 1.56. The van der Waals surface area contributed by atoms with Gasteiger partial charge in [-0.05, 0) is 18.2 Å². The zero-order valence-electron chi connectivity index (χ0n) is 9.64. The number of imidazole rings is 1. The van der Waals surface area contributed by atoms with Gasteiger partial charge in [-0.1, -0.05) is 15.9 Å². The third-order valence-electron chi connectivity index (χ3n) is 2.53. The van der Waals surface area contributed by atoms with Gasteiger partial charge in [0.05, 0.1) is 11.0 Å². The molecular weight excluding hydrogens is 284 g/mol. The third-order valence-corrected chi connectivity index (χ3v) is 3.03. The number of amides is 1. The van der Waals surface area contributed by atoms with Crippen molar-refractivity contribution in [3.63, 3.8) is 0 Å². The smallest absolute Gasteiger partial charge is 0.242 e. The Morgan fingerprint density at radius 3 is 2.88 bits per heavy atom. The van der Waals surface area contributed by atoms with Gasteiger partial charge >= 0.3 is 0 Å². The lowest BCUT2D eigenvalue weighted by atomic mass is 10.3. The lowest BCUT2D eigenvalue weighted by Crippen LogP contribution is -2.26. The minimum absolute atomic E-state index is 0.0149. The topological polar surface area (TPSA) is 64.2 Å². The molecule has 2 aromatic rings. The normalized spacial score (nSPS) is 10.8. The maximum absolute atomic E-state index is 11.7. The zero-order valence-corrected chi connectivity index (χ0v) is 11.2. The van der Waals surface area contributed by atoms with Crippen molar-refractivity contribution in [2.45, 2.75) is 6.54 Å². The highest BCUT2D eigenvalue weighted by molar-refractivity contribution is 9.10. The molecule has 2 rings (SSSR count). The molecule has 90 valence electrons. The molecule has 0 saturated carbocycles. The van der Waals surface area contributed by atoms with Crippen molar-refractivity contribution in [1.82, 2.24) is 14.5 Å². The second-order valence-corrected chi connectivity index (χ2v) is 4.89. The molecule has 0 aliphatic carbocycles. The lowest BCUT2D eigenvalue weighted by molar-refractivity contribution is -0.129. The van der Waals surface area contributed by atoms with E-state index in [9.17, 15) is 4.79 Å². The van der Waals surface area contributed by atoms with E-state index in [0.717, 1.165) is 15.5 Å². The molecule has 0 radical (unpaired) electrons. The molecule has 0 unspecified atom stereocenters. The van der Waals surface area contributed by atoms with Crippen molar-refractivity contribution in [2.24, 2.45) is 0 Å². The number of benzene rings is 1. The highest BCUT2D eigenvalue weighted by Crippen LogP contribution is 2.21. The van der Waals surface area contributed by atoms with Gasteiger partial charge in [-0.15, -0.1) is 0 Å². The van der Waals surface area contributed by atoms with Crippen LogP contribution in [-0.4, -0.2) is 34.5 Å². The minimum atomic E-state index is -0.0149. The summed E-state index contributed by atoms with van der Waals surface area (Å²) in [6, 6.07) is 5.67. The molecule has 0 fully saturated rings. The number of nitrogens with two attached hydrogens (primary N) is 1. The molecule has 0 bridgehead atoms. The summed E-state index contributed by atoms with van der Waals surface area (Å²) in [5, 5.41) is 0. The molecule has 5 nitrogen and oxygen atoms in total. The van der Waals surface area contributed by atoms with Crippen LogP contribution in [0.25, 0.3) is 11.0 Å². The second kappa shape index (κ2) is 4.37. The largest absolute Gasteiger partial charge is 0.369 e. The Morgan fingerprint density at radius 1 is 1.53 bits per heavy atom. The number of rotatable bonds is 2. The van der Waals surface area contributed by atoms with Crippen LogP contribution in [0.5, 0.6) is 0 Å². The summed E-state index contributed by atoms with van der Waals surface area (Å²) < 4.78 is 2.65. The van der Waals surface area contributed by atoms with E-state index in [2.05, 4.69) is 20.9 Å². The van der Waals surface area contributed by atoms with Crippen LogP contribution in [0.4, 0.5) is 5.95 Å². The van der Waals surface area contributed by atoms with E-state index in [1.807, 2.05) is 18.2 Å². The Labute approximate surface area is 107 Å². The number of likely N-dealkylation sites (N-methyl/N-ethyl adjacent to an activating group) is 1. The number of halogens is 1. The van der Waals surface area contributed by atoms with Gasteiger partial charge in [-0.25, -0.2) is 4.98 Å². The van der Waals surface area contributed by atoms with E-state index in [1.54, 1.807) is 18.7 Å². The predicted octanol–water partition coefficient (Wildman–Crippen LogP) is 1.47. The SMILES string of the molecule is CN(C)C(=O)Cn1c(N)nc2cc(Br)ccc21. The van der Waals surface area contributed by atoms with Crippen molar-refractivity contribution in [1.29, 1.82) is 0 Å². The van der Waals surface area contributed by atoms with Crippen LogP contribution >= 0.6 is 15.9 Å². The first kappa shape index (κ1) is 11.9. The van der Waals surface area contributed by atoms with Crippen molar-refractivity contribution >= 4 is 38.8 Å². The molecule has 0 aliphatic heterocycles. The summed E-state index contributed by atoms with van der Waals surface area (Å²) in [5.74, 6) is 0.340. The molecule has 0 atom stereocenters. The molecule has 1 amide bonds. The third kappa shape index (κ3) is 2.26. The van der Waals surface area contributed by atoms with Gasteiger partial charge < -0.3 is 15.2 Å². The summed E-state index contributed by atoms with van der Waals surface area (Å²) in [6.07, 6.45) is 0. The molecule has 0 spiro atoms. The van der Waals surface area contributed by atoms with E-state index in [4.69, 9.17) is 5.73 Å². The van der Waals surface area contributed by atoms with Gasteiger partial charge in [-0.3, -0.25) is 4.79 Å². The van der Waals surface area contributed by atoms with Crippen LogP contribution in [0.1, 0.15) is 0 Å². The van der Waals surface area contributed by atoms with Gasteiger partial charge in [0.1, 0.15) is 6.54 Å². The molecule has 1 aromatic carbocycles. The average Bonchev–Trinajstić information content (AvgIpc) is 2.54. The first-order valence-corrected chi connectivity index (χ1v) is 5.90. The van der Waals surface area contributed by atoms with E-state index in [1.165, 1.54) is 4.90 Å². The number of hydrogen-bond acceptors (Lipinski definition) is 3. The number of hydrogen-bond donors (Lipinski definition) is 1. The second-order valence-electron chi connectivity index (χ2n) is 3.98. The highest BCUT2D eigenvalue weighted by atomic mass is 79.9. The van der Waals surface area contributed by atoms with Crippen LogP contribution in [0.3, 0.4) is 0 Å². The van der Waals surface area contributed by atoms with E-state index in [-0.39, 0.29) is 12.5 Å². The molecule has 0 saturated heterocycles. The molecule has 1 aromatic heterocycles. The Balaban J connectivity index is 2.46. The van der Waals surface area contributed by atoms with Gasteiger partial charge in [0.2, 0.25) is 11.9 Å². The number of carbonyl (C=O) groups excluding carboxylic acids is 1. The Bertz CT molecular complexity index is 576. The minimum Gasteiger partial charge on any atom is -0.369 e. The maximum atomic E-state index is 11.7. The summed E-state index contributed by atoms with van der Waals surface area (Å²) in [6.45, 7) is 0.205. The van der Waals surface area contributed by atoms with Gasteiger partial charge in [0.25, 0.3) is 0 Å². The van der Waals surface area contributed by atoms with Crippen molar-refractivity contribution in [3.8, 4) is 0 Å². The lowest BCUT2D eigenvalue weighted by Gasteiger charge is -2.11. The van der Waals surface area contributed by atoms with Crippen LogP contribution in [0.2, 0.25) is 0 Å². The molecule has 17 heavy (non-hydrogen) atoms. The zero-order chi connectivity index (χ0) is 12.6. The number of anilines is 1. The summed E-state index contributed by atoms with van der Waals surface area (Å²) in [7, 11) is 3.43. The number of carbonyl (C=O) groups is 1. The van der Waals surface area contributed by atoms with Crippen LogP contribution in [-0.2, 0) is 11.3 Å². The van der Waals surface area contributed by atoms with E-state index >= 15 is 0 Å². The van der Waals surface area contributed by atoms with Crippen LogP contribution in [0.15, 0.2) is 22.7 Å². The first-order valence-electron chi connectivity index (χ1n) is 5.10. The number of fused-ring (bicyclic) bond motifs is 1. The fourth-order valence-corrected chi connectivity index (χ4v) is 1.91. The van der Waals surface area contributed by atoms with Crippen LogP contribution in [0, 0.1) is 0 Å². The maximum Gasteiger partial charge on any atom is 0.242 e. The van der Waals surface area contributed by atoms with E-state index in [0.29, 0.717) is 5.95 Å². The molecule has 6 heteroatoms. The molecule has 0 aliphatic rings. The average molecular weight is 297 g/mol. The molecule has 2 N–H and O–H groups in total. The molecule has 1 heterocycles. The standard InChI is InChI=1S/C11H13BrN4O/c1-15(2)10(17)6-16-9-4-3-7(12)5-8(9)14-11(16)13/h3-5H,6H2,1-2H3,(H2,13,14).